The van der Waals surface area contributed by atoms with Crippen LogP contribution in [-0.4, -0.2) is 31.6 Å². The third kappa shape index (κ3) is 2.67. The van der Waals surface area contributed by atoms with Crippen LogP contribution >= 0.6 is 0 Å². The number of hydrogen-bond acceptors (Lipinski definition) is 2. The number of rotatable bonds is 4. The van der Waals surface area contributed by atoms with E-state index in [0.29, 0.717) is 12.1 Å². The first-order valence-corrected chi connectivity index (χ1v) is 6.09. The van der Waals surface area contributed by atoms with E-state index in [2.05, 4.69) is 10.2 Å². The summed E-state index contributed by atoms with van der Waals surface area (Å²) in [7, 11) is 1.77. The maximum Gasteiger partial charge on any atom is 0.416 e. The molecule has 1 unspecified atom stereocenters. The van der Waals surface area contributed by atoms with Crippen molar-refractivity contribution in [3.8, 4) is 0 Å². The van der Waals surface area contributed by atoms with E-state index in [1.165, 1.54) is 6.07 Å². The molecular weight excluding hydrogens is 241 g/mol. The van der Waals surface area contributed by atoms with Gasteiger partial charge in [-0.1, -0.05) is 18.2 Å². The second-order valence-corrected chi connectivity index (χ2v) is 4.55. The van der Waals surface area contributed by atoms with E-state index in [4.69, 9.17) is 0 Å². The molecule has 0 aromatic heterocycles. The van der Waals surface area contributed by atoms with Gasteiger partial charge >= 0.3 is 6.18 Å². The molecule has 1 heterocycles. The molecule has 18 heavy (non-hydrogen) atoms. The minimum atomic E-state index is -4.28. The Bertz CT molecular complexity index is 399. The number of halogens is 3. The van der Waals surface area contributed by atoms with E-state index >= 15 is 0 Å². The van der Waals surface area contributed by atoms with Gasteiger partial charge in [-0.15, -0.1) is 0 Å². The lowest BCUT2D eigenvalue weighted by atomic mass is 9.96. The summed E-state index contributed by atoms with van der Waals surface area (Å²) in [6.07, 6.45) is -3.22. The first kappa shape index (κ1) is 13.4. The van der Waals surface area contributed by atoms with Crippen LogP contribution in [0.4, 0.5) is 13.2 Å². The van der Waals surface area contributed by atoms with Gasteiger partial charge < -0.3 is 5.32 Å². The molecule has 2 nitrogen and oxygen atoms in total. The SMILES string of the molecule is CNCC(c1ccccc1C(F)(F)F)N1CCC1. The molecule has 1 aromatic carbocycles. The van der Waals surface area contributed by atoms with Crippen LogP contribution in [0.25, 0.3) is 0 Å². The van der Waals surface area contributed by atoms with Gasteiger partial charge in [0.1, 0.15) is 0 Å². The Morgan fingerprint density at radius 3 is 2.44 bits per heavy atom. The molecule has 0 saturated carbocycles. The van der Waals surface area contributed by atoms with Gasteiger partial charge in [0.05, 0.1) is 5.56 Å². The molecule has 100 valence electrons. The van der Waals surface area contributed by atoms with Gasteiger partial charge in [-0.3, -0.25) is 4.90 Å². The number of nitrogens with zero attached hydrogens (tertiary/aromatic N) is 1. The third-order valence-electron chi connectivity index (χ3n) is 3.35. The summed E-state index contributed by atoms with van der Waals surface area (Å²) >= 11 is 0. The second kappa shape index (κ2) is 5.28. The molecule has 0 spiro atoms. The Morgan fingerprint density at radius 2 is 1.94 bits per heavy atom. The van der Waals surface area contributed by atoms with Crippen molar-refractivity contribution in [3.63, 3.8) is 0 Å². The number of nitrogens with one attached hydrogen (secondary N) is 1. The number of benzene rings is 1. The van der Waals surface area contributed by atoms with Crippen molar-refractivity contribution in [1.82, 2.24) is 10.2 Å². The maximum atomic E-state index is 13.0. The summed E-state index contributed by atoms with van der Waals surface area (Å²) in [6.45, 7) is 2.28. The summed E-state index contributed by atoms with van der Waals surface area (Å²) in [4.78, 5) is 2.08. The normalized spacial score (nSPS) is 18.4. The van der Waals surface area contributed by atoms with E-state index < -0.39 is 11.7 Å². The zero-order chi connectivity index (χ0) is 13.2. The lowest BCUT2D eigenvalue weighted by Gasteiger charge is -2.39. The van der Waals surface area contributed by atoms with Crippen molar-refractivity contribution in [1.29, 1.82) is 0 Å². The van der Waals surface area contributed by atoms with Crippen LogP contribution in [0, 0.1) is 0 Å². The summed E-state index contributed by atoms with van der Waals surface area (Å²) in [5.74, 6) is 0. The van der Waals surface area contributed by atoms with Gasteiger partial charge in [-0.2, -0.15) is 13.2 Å². The first-order valence-electron chi connectivity index (χ1n) is 6.09. The topological polar surface area (TPSA) is 15.3 Å². The fourth-order valence-corrected chi connectivity index (χ4v) is 2.33. The van der Waals surface area contributed by atoms with E-state index in [1.807, 2.05) is 0 Å². The standard InChI is InChI=1S/C13H17F3N2/c1-17-9-12(18-7-4-8-18)10-5-2-3-6-11(10)13(14,15)16/h2-3,5-6,12,17H,4,7-9H2,1H3. The fourth-order valence-electron chi connectivity index (χ4n) is 2.33. The Labute approximate surface area is 105 Å². The molecule has 1 aliphatic rings. The number of likely N-dealkylation sites (tertiary alicyclic amines) is 1. The van der Waals surface area contributed by atoms with Gasteiger partial charge in [0.25, 0.3) is 0 Å². The molecule has 0 radical (unpaired) electrons. The van der Waals surface area contributed by atoms with Crippen LogP contribution in [0.15, 0.2) is 24.3 Å². The molecule has 0 amide bonds. The second-order valence-electron chi connectivity index (χ2n) is 4.55. The van der Waals surface area contributed by atoms with E-state index in [-0.39, 0.29) is 6.04 Å². The molecule has 1 atom stereocenters. The Kier molecular flexibility index (Phi) is 3.92. The quantitative estimate of drug-likeness (QED) is 0.893. The summed E-state index contributed by atoms with van der Waals surface area (Å²) in [5, 5.41) is 2.99. The molecular formula is C13H17F3N2. The summed E-state index contributed by atoms with van der Waals surface area (Å²) in [6, 6.07) is 5.67. The monoisotopic (exact) mass is 258 g/mol. The van der Waals surface area contributed by atoms with Crippen LogP contribution < -0.4 is 5.32 Å². The van der Waals surface area contributed by atoms with Crippen molar-refractivity contribution in [2.45, 2.75) is 18.6 Å². The molecule has 0 aliphatic carbocycles. The zero-order valence-electron chi connectivity index (χ0n) is 10.3. The van der Waals surface area contributed by atoms with Crippen molar-refractivity contribution in [2.75, 3.05) is 26.7 Å². The van der Waals surface area contributed by atoms with Crippen LogP contribution in [0.3, 0.4) is 0 Å². The number of alkyl halides is 3. The Balaban J connectivity index is 2.34. The summed E-state index contributed by atoms with van der Waals surface area (Å²) in [5.41, 5.74) is -0.142. The van der Waals surface area contributed by atoms with Crippen molar-refractivity contribution in [2.24, 2.45) is 0 Å². The molecule has 5 heteroatoms. The average Bonchev–Trinajstić information content (AvgIpc) is 2.25. The Morgan fingerprint density at radius 1 is 1.28 bits per heavy atom. The summed E-state index contributed by atoms with van der Waals surface area (Å²) < 4.78 is 39.0. The molecule has 1 fully saturated rings. The van der Waals surface area contributed by atoms with Crippen LogP contribution in [-0.2, 0) is 6.18 Å². The maximum absolute atomic E-state index is 13.0. The highest BCUT2D eigenvalue weighted by Crippen LogP contribution is 2.37. The molecule has 1 N–H and O–H groups in total. The van der Waals surface area contributed by atoms with Gasteiger partial charge in [0, 0.05) is 25.7 Å². The van der Waals surface area contributed by atoms with Crippen LogP contribution in [0.5, 0.6) is 0 Å². The molecule has 0 bridgehead atoms. The predicted molar refractivity (Wildman–Crippen MR) is 64.3 cm³/mol. The van der Waals surface area contributed by atoms with Gasteiger partial charge in [-0.25, -0.2) is 0 Å². The van der Waals surface area contributed by atoms with E-state index in [0.717, 1.165) is 25.6 Å². The lowest BCUT2D eigenvalue weighted by Crippen LogP contribution is -2.44. The van der Waals surface area contributed by atoms with E-state index in [9.17, 15) is 13.2 Å². The molecule has 2 rings (SSSR count). The highest BCUT2D eigenvalue weighted by Gasteiger charge is 2.36. The largest absolute Gasteiger partial charge is 0.416 e. The lowest BCUT2D eigenvalue weighted by molar-refractivity contribution is -0.139. The van der Waals surface area contributed by atoms with Gasteiger partial charge in [0.15, 0.2) is 0 Å². The zero-order valence-corrected chi connectivity index (χ0v) is 10.3. The average molecular weight is 258 g/mol. The third-order valence-corrected chi connectivity index (χ3v) is 3.35. The number of hydrogen-bond donors (Lipinski definition) is 1. The number of likely N-dealkylation sites (N-methyl/N-ethyl adjacent to an activating group) is 1. The first-order chi connectivity index (χ1) is 8.54. The highest BCUT2D eigenvalue weighted by atomic mass is 19.4. The van der Waals surface area contributed by atoms with E-state index in [1.54, 1.807) is 19.2 Å². The molecule has 1 saturated heterocycles. The van der Waals surface area contributed by atoms with Crippen LogP contribution in [0.1, 0.15) is 23.6 Å². The Hall–Kier alpha value is -1.07. The van der Waals surface area contributed by atoms with Gasteiger partial charge in [-0.05, 0) is 25.1 Å². The smallest absolute Gasteiger partial charge is 0.318 e. The van der Waals surface area contributed by atoms with Crippen molar-refractivity contribution < 1.29 is 13.2 Å². The van der Waals surface area contributed by atoms with Crippen LogP contribution in [0.2, 0.25) is 0 Å². The minimum Gasteiger partial charge on any atom is -0.318 e. The molecule has 1 aromatic rings. The van der Waals surface area contributed by atoms with Crippen molar-refractivity contribution in [3.05, 3.63) is 35.4 Å². The van der Waals surface area contributed by atoms with Gasteiger partial charge in [0.2, 0.25) is 0 Å². The fraction of sp³-hybridized carbons (Fsp3) is 0.538. The predicted octanol–water partition coefficient (Wildman–Crippen LogP) is 2.67. The minimum absolute atomic E-state index is 0.193. The molecule has 1 aliphatic heterocycles. The van der Waals surface area contributed by atoms with Crippen molar-refractivity contribution >= 4 is 0 Å². The highest BCUT2D eigenvalue weighted by molar-refractivity contribution is 5.33.